The third kappa shape index (κ3) is 2.69. The van der Waals surface area contributed by atoms with E-state index in [0.29, 0.717) is 16.6 Å². The number of rotatable bonds is 3. The number of anilines is 1. The van der Waals surface area contributed by atoms with Gasteiger partial charge in [0.25, 0.3) is 5.56 Å². The first kappa shape index (κ1) is 15.9. The van der Waals surface area contributed by atoms with Crippen molar-refractivity contribution in [1.29, 1.82) is 0 Å². The summed E-state index contributed by atoms with van der Waals surface area (Å²) in [7, 11) is 1.81. The maximum absolute atomic E-state index is 12.4. The zero-order chi connectivity index (χ0) is 18.3. The number of hydrogen-bond donors (Lipinski definition) is 1. The molecule has 130 valence electrons. The number of amides is 1. The Morgan fingerprint density at radius 2 is 2.04 bits per heavy atom. The van der Waals surface area contributed by atoms with Gasteiger partial charge in [0, 0.05) is 12.4 Å². The van der Waals surface area contributed by atoms with Gasteiger partial charge in [-0.2, -0.15) is 5.10 Å². The van der Waals surface area contributed by atoms with Gasteiger partial charge in [-0.3, -0.25) is 14.3 Å². The number of aryl methyl sites for hydroxylation is 2. The average Bonchev–Trinajstić information content (AvgIpc) is 2.91. The minimum atomic E-state index is -0.389. The van der Waals surface area contributed by atoms with Crippen LogP contribution in [0, 0.1) is 6.92 Å². The summed E-state index contributed by atoms with van der Waals surface area (Å²) >= 11 is 0. The van der Waals surface area contributed by atoms with Crippen molar-refractivity contribution >= 4 is 33.5 Å². The number of benzene rings is 1. The van der Waals surface area contributed by atoms with E-state index in [2.05, 4.69) is 25.7 Å². The van der Waals surface area contributed by atoms with Crippen molar-refractivity contribution in [2.45, 2.75) is 13.5 Å². The van der Waals surface area contributed by atoms with Gasteiger partial charge in [-0.05, 0) is 25.1 Å². The quantitative estimate of drug-likeness (QED) is 0.592. The van der Waals surface area contributed by atoms with Crippen LogP contribution >= 0.6 is 0 Å². The number of carbonyl (C=O) groups excluding carboxylic acids is 1. The Kier molecular flexibility index (Phi) is 3.68. The first-order chi connectivity index (χ1) is 12.5. The normalized spacial score (nSPS) is 11.2. The second-order valence-corrected chi connectivity index (χ2v) is 5.92. The first-order valence-corrected chi connectivity index (χ1v) is 7.94. The molecule has 1 amide bonds. The van der Waals surface area contributed by atoms with Crippen molar-refractivity contribution in [3.8, 4) is 0 Å². The monoisotopic (exact) mass is 349 g/mol. The predicted octanol–water partition coefficient (Wildman–Crippen LogP) is 1.02. The Hall–Kier alpha value is -3.62. The molecule has 0 saturated carbocycles. The molecule has 9 nitrogen and oxygen atoms in total. The molecule has 0 spiro atoms. The summed E-state index contributed by atoms with van der Waals surface area (Å²) in [5.74, 6) is -0.389. The van der Waals surface area contributed by atoms with E-state index >= 15 is 0 Å². The molecule has 4 rings (SSSR count). The Morgan fingerprint density at radius 3 is 2.88 bits per heavy atom. The maximum atomic E-state index is 12.4. The molecule has 3 heterocycles. The van der Waals surface area contributed by atoms with E-state index in [-0.39, 0.29) is 18.0 Å². The van der Waals surface area contributed by atoms with Crippen LogP contribution in [-0.2, 0) is 18.4 Å². The van der Waals surface area contributed by atoms with Crippen LogP contribution < -0.4 is 10.9 Å². The van der Waals surface area contributed by atoms with E-state index in [4.69, 9.17) is 0 Å². The molecular formula is C17H15N7O2. The minimum Gasteiger partial charge on any atom is -0.323 e. The van der Waals surface area contributed by atoms with Crippen molar-refractivity contribution in [2.24, 2.45) is 7.05 Å². The lowest BCUT2D eigenvalue weighted by atomic mass is 10.2. The van der Waals surface area contributed by atoms with Gasteiger partial charge in [0.2, 0.25) is 5.91 Å². The van der Waals surface area contributed by atoms with E-state index in [9.17, 15) is 9.59 Å². The highest BCUT2D eigenvalue weighted by atomic mass is 16.2. The van der Waals surface area contributed by atoms with Gasteiger partial charge < -0.3 is 5.32 Å². The molecule has 9 heteroatoms. The van der Waals surface area contributed by atoms with Crippen LogP contribution in [0.2, 0.25) is 0 Å². The average molecular weight is 349 g/mol. The van der Waals surface area contributed by atoms with Crippen molar-refractivity contribution in [1.82, 2.24) is 29.8 Å². The number of carbonyl (C=O) groups is 1. The lowest BCUT2D eigenvalue weighted by Crippen LogP contribution is -2.30. The Morgan fingerprint density at radius 1 is 1.23 bits per heavy atom. The third-order valence-electron chi connectivity index (χ3n) is 4.07. The summed E-state index contributed by atoms with van der Waals surface area (Å²) in [4.78, 5) is 29.0. The Bertz CT molecular complexity index is 1210. The van der Waals surface area contributed by atoms with Gasteiger partial charge in [-0.1, -0.05) is 17.3 Å². The zero-order valence-electron chi connectivity index (χ0n) is 14.2. The molecule has 0 bridgehead atoms. The number of nitrogens with one attached hydrogen (secondary N) is 1. The van der Waals surface area contributed by atoms with E-state index in [0.717, 1.165) is 21.4 Å². The zero-order valence-corrected chi connectivity index (χ0v) is 14.2. The third-order valence-corrected chi connectivity index (χ3v) is 4.07. The molecule has 0 aliphatic heterocycles. The van der Waals surface area contributed by atoms with E-state index in [1.807, 2.05) is 14.0 Å². The number of fused-ring (bicyclic) bond motifs is 2. The SMILES string of the molecule is Cc1nn(C)c2ncc(NC(=O)Cn3nnc4ccccc4c3=O)cc12. The summed E-state index contributed by atoms with van der Waals surface area (Å²) in [6.07, 6.45) is 1.55. The molecule has 26 heavy (non-hydrogen) atoms. The van der Waals surface area contributed by atoms with Crippen molar-refractivity contribution < 1.29 is 4.79 Å². The molecule has 0 atom stereocenters. The molecule has 1 aromatic carbocycles. The molecule has 0 unspecified atom stereocenters. The van der Waals surface area contributed by atoms with Crippen LogP contribution in [0.1, 0.15) is 5.69 Å². The summed E-state index contributed by atoms with van der Waals surface area (Å²) in [6, 6.07) is 8.68. The van der Waals surface area contributed by atoms with Crippen LogP contribution in [0.25, 0.3) is 21.9 Å². The summed E-state index contributed by atoms with van der Waals surface area (Å²) in [6.45, 7) is 1.64. The Labute approximate surface area is 147 Å². The smallest absolute Gasteiger partial charge is 0.278 e. The molecular weight excluding hydrogens is 334 g/mol. The maximum Gasteiger partial charge on any atom is 0.278 e. The molecule has 0 aliphatic rings. The van der Waals surface area contributed by atoms with Gasteiger partial charge in [0.15, 0.2) is 5.65 Å². The van der Waals surface area contributed by atoms with Gasteiger partial charge in [0.05, 0.1) is 23.0 Å². The first-order valence-electron chi connectivity index (χ1n) is 7.94. The van der Waals surface area contributed by atoms with Crippen LogP contribution in [-0.4, -0.2) is 35.7 Å². The van der Waals surface area contributed by atoms with Gasteiger partial charge in [0.1, 0.15) is 12.1 Å². The van der Waals surface area contributed by atoms with Crippen LogP contribution in [0.15, 0.2) is 41.3 Å². The van der Waals surface area contributed by atoms with Gasteiger partial charge in [-0.15, -0.1) is 5.10 Å². The molecule has 0 aliphatic carbocycles. The number of pyridine rings is 1. The molecule has 0 saturated heterocycles. The van der Waals surface area contributed by atoms with Crippen molar-refractivity contribution in [3.63, 3.8) is 0 Å². The predicted molar refractivity (Wildman–Crippen MR) is 95.7 cm³/mol. The second-order valence-electron chi connectivity index (χ2n) is 5.92. The second kappa shape index (κ2) is 6.03. The van der Waals surface area contributed by atoms with Crippen LogP contribution in [0.3, 0.4) is 0 Å². The van der Waals surface area contributed by atoms with Crippen molar-refractivity contribution in [3.05, 3.63) is 52.6 Å². The Balaban J connectivity index is 1.58. The van der Waals surface area contributed by atoms with Crippen molar-refractivity contribution in [2.75, 3.05) is 5.32 Å². The fourth-order valence-electron chi connectivity index (χ4n) is 2.84. The molecule has 0 radical (unpaired) electrons. The molecule has 0 fully saturated rings. The lowest BCUT2D eigenvalue weighted by molar-refractivity contribution is -0.117. The van der Waals surface area contributed by atoms with E-state index in [1.54, 1.807) is 41.2 Å². The fourth-order valence-corrected chi connectivity index (χ4v) is 2.84. The topological polar surface area (TPSA) is 108 Å². The van der Waals surface area contributed by atoms with E-state index in [1.165, 1.54) is 0 Å². The fraction of sp³-hybridized carbons (Fsp3) is 0.176. The van der Waals surface area contributed by atoms with E-state index < -0.39 is 0 Å². The highest BCUT2D eigenvalue weighted by Gasteiger charge is 2.12. The summed E-state index contributed by atoms with van der Waals surface area (Å²) < 4.78 is 2.72. The molecule has 4 aromatic rings. The molecule has 1 N–H and O–H groups in total. The van der Waals surface area contributed by atoms with Gasteiger partial charge >= 0.3 is 0 Å². The minimum absolute atomic E-state index is 0.235. The van der Waals surface area contributed by atoms with Crippen LogP contribution in [0.5, 0.6) is 0 Å². The molecule has 3 aromatic heterocycles. The number of aromatic nitrogens is 6. The number of hydrogen-bond acceptors (Lipinski definition) is 6. The lowest BCUT2D eigenvalue weighted by Gasteiger charge is -2.07. The van der Waals surface area contributed by atoms with Gasteiger partial charge in [-0.25, -0.2) is 9.67 Å². The highest BCUT2D eigenvalue weighted by molar-refractivity contribution is 5.93. The largest absolute Gasteiger partial charge is 0.323 e. The van der Waals surface area contributed by atoms with Crippen LogP contribution in [0.4, 0.5) is 5.69 Å². The number of nitrogens with zero attached hydrogens (tertiary/aromatic N) is 6. The standard InChI is InChI=1S/C17H15N7O2/c1-10-13-7-11(8-18-16(13)23(2)21-10)19-15(25)9-24-17(26)12-5-3-4-6-14(12)20-22-24/h3-8H,9H2,1-2H3,(H,19,25). The summed E-state index contributed by atoms with van der Waals surface area (Å²) in [5, 5.41) is 16.1. The highest BCUT2D eigenvalue weighted by Crippen LogP contribution is 2.19. The summed E-state index contributed by atoms with van der Waals surface area (Å²) in [5.41, 5.74) is 2.22.